The number of thiocarbonyl (C=S) groups is 1. The van der Waals surface area contributed by atoms with E-state index in [1.807, 2.05) is 12.1 Å². The molecule has 1 saturated heterocycles. The van der Waals surface area contributed by atoms with Crippen LogP contribution in [0.15, 0.2) is 29.4 Å². The molecule has 0 spiro atoms. The van der Waals surface area contributed by atoms with Crippen LogP contribution in [0.5, 0.6) is 0 Å². The molecule has 0 bridgehead atoms. The van der Waals surface area contributed by atoms with Crippen molar-refractivity contribution in [2.45, 2.75) is 0 Å². The summed E-state index contributed by atoms with van der Waals surface area (Å²) in [6.07, 6.45) is 1.66. The van der Waals surface area contributed by atoms with E-state index in [-0.39, 0.29) is 0 Å². The molecule has 1 aromatic carbocycles. The predicted molar refractivity (Wildman–Crippen MR) is 89.7 cm³/mol. The van der Waals surface area contributed by atoms with E-state index < -0.39 is 0 Å². The quantitative estimate of drug-likeness (QED) is 0.473. The monoisotopic (exact) mass is 317 g/mol. The maximum atomic E-state index is 8.72. The molecule has 116 valence electrons. The van der Waals surface area contributed by atoms with E-state index >= 15 is 0 Å². The molecule has 6 nitrogen and oxygen atoms in total. The lowest BCUT2D eigenvalue weighted by Crippen LogP contribution is -2.42. The first-order valence-corrected chi connectivity index (χ1v) is 7.56. The van der Waals surface area contributed by atoms with Gasteiger partial charge in [-0.05, 0) is 29.9 Å². The Bertz CT molecular complexity index is 546. The lowest BCUT2D eigenvalue weighted by Gasteiger charge is -2.26. The molecule has 22 heavy (non-hydrogen) atoms. The summed E-state index contributed by atoms with van der Waals surface area (Å²) in [6.45, 7) is 5.26. The number of hydrazone groups is 1. The number of hydrogen-bond acceptors (Lipinski definition) is 5. The van der Waals surface area contributed by atoms with Gasteiger partial charge in [-0.1, -0.05) is 12.1 Å². The molecule has 0 aromatic heterocycles. The first-order chi connectivity index (χ1) is 10.8. The smallest absolute Gasteiger partial charge is 0.187 e. The van der Waals surface area contributed by atoms with Crippen LogP contribution in [0.25, 0.3) is 0 Å². The van der Waals surface area contributed by atoms with Gasteiger partial charge in [0.25, 0.3) is 0 Å². The van der Waals surface area contributed by atoms with Crippen LogP contribution in [0.3, 0.4) is 0 Å². The summed E-state index contributed by atoms with van der Waals surface area (Å²) in [6, 6.07) is 9.24. The Labute approximate surface area is 135 Å². The van der Waals surface area contributed by atoms with Crippen LogP contribution >= 0.6 is 12.2 Å². The maximum absolute atomic E-state index is 8.72. The highest BCUT2D eigenvalue weighted by molar-refractivity contribution is 7.80. The zero-order chi connectivity index (χ0) is 15.6. The van der Waals surface area contributed by atoms with Crippen LogP contribution in [0.2, 0.25) is 0 Å². The minimum atomic E-state index is 0.498. The Balaban J connectivity index is 1.64. The number of nitriles is 1. The third kappa shape index (κ3) is 5.77. The lowest BCUT2D eigenvalue weighted by atomic mass is 10.2. The summed E-state index contributed by atoms with van der Waals surface area (Å²) in [5.41, 5.74) is 4.31. The van der Waals surface area contributed by atoms with Gasteiger partial charge in [0.1, 0.15) is 0 Å². The summed E-state index contributed by atoms with van der Waals surface area (Å²) < 4.78 is 5.30. The molecule has 0 radical (unpaired) electrons. The third-order valence-corrected chi connectivity index (χ3v) is 3.47. The van der Waals surface area contributed by atoms with Gasteiger partial charge in [-0.25, -0.2) is 0 Å². The summed E-state index contributed by atoms with van der Waals surface area (Å²) in [7, 11) is 0. The number of nitrogens with one attached hydrogen (secondary N) is 2. The molecular weight excluding hydrogens is 298 g/mol. The third-order valence-electron chi connectivity index (χ3n) is 3.24. The van der Waals surface area contributed by atoms with Crippen molar-refractivity contribution in [3.05, 3.63) is 35.4 Å². The molecule has 1 aliphatic rings. The number of ether oxygens (including phenoxy) is 1. The number of hydrogen-bond donors (Lipinski definition) is 2. The summed E-state index contributed by atoms with van der Waals surface area (Å²) in [5.74, 6) is 0. The van der Waals surface area contributed by atoms with Gasteiger partial charge in [0.2, 0.25) is 0 Å². The largest absolute Gasteiger partial charge is 0.379 e. The van der Waals surface area contributed by atoms with E-state index in [1.54, 1.807) is 18.3 Å². The molecule has 2 rings (SSSR count). The van der Waals surface area contributed by atoms with Crippen LogP contribution in [0, 0.1) is 11.3 Å². The van der Waals surface area contributed by atoms with Crippen LogP contribution in [-0.2, 0) is 4.74 Å². The van der Waals surface area contributed by atoms with Crippen molar-refractivity contribution in [1.29, 1.82) is 5.26 Å². The summed E-state index contributed by atoms with van der Waals surface area (Å²) in [5, 5.41) is 16.4. The topological polar surface area (TPSA) is 72.7 Å². The maximum Gasteiger partial charge on any atom is 0.187 e. The van der Waals surface area contributed by atoms with E-state index in [4.69, 9.17) is 22.2 Å². The number of morpholine rings is 1. The zero-order valence-electron chi connectivity index (χ0n) is 12.3. The Morgan fingerprint density at radius 2 is 2.09 bits per heavy atom. The van der Waals surface area contributed by atoms with Crippen LogP contribution < -0.4 is 10.7 Å². The lowest BCUT2D eigenvalue weighted by molar-refractivity contribution is 0.0389. The first-order valence-electron chi connectivity index (χ1n) is 7.15. The fourth-order valence-electron chi connectivity index (χ4n) is 2.00. The Morgan fingerprint density at radius 3 is 2.77 bits per heavy atom. The van der Waals surface area contributed by atoms with Crippen molar-refractivity contribution in [3.8, 4) is 6.07 Å². The Morgan fingerprint density at radius 1 is 1.36 bits per heavy atom. The molecule has 0 aliphatic carbocycles. The van der Waals surface area contributed by atoms with Crippen molar-refractivity contribution in [2.75, 3.05) is 39.4 Å². The van der Waals surface area contributed by atoms with Gasteiger partial charge in [0.15, 0.2) is 5.11 Å². The molecule has 0 saturated carbocycles. The Kier molecular flexibility index (Phi) is 6.77. The predicted octanol–water partition coefficient (Wildman–Crippen LogP) is 0.688. The fourth-order valence-corrected chi connectivity index (χ4v) is 2.16. The van der Waals surface area contributed by atoms with E-state index in [9.17, 15) is 0 Å². The molecule has 2 N–H and O–H groups in total. The minimum Gasteiger partial charge on any atom is -0.379 e. The van der Waals surface area contributed by atoms with E-state index in [0.29, 0.717) is 10.7 Å². The minimum absolute atomic E-state index is 0.498. The molecule has 0 amide bonds. The van der Waals surface area contributed by atoms with Crippen molar-refractivity contribution < 1.29 is 4.74 Å². The zero-order valence-corrected chi connectivity index (χ0v) is 13.1. The van der Waals surface area contributed by atoms with Crippen LogP contribution in [0.4, 0.5) is 0 Å². The molecule has 1 fully saturated rings. The average molecular weight is 317 g/mol. The normalized spacial score (nSPS) is 15.4. The van der Waals surface area contributed by atoms with Crippen molar-refractivity contribution in [2.24, 2.45) is 5.10 Å². The molecule has 7 heteroatoms. The number of benzene rings is 1. The van der Waals surface area contributed by atoms with Gasteiger partial charge in [0.05, 0.1) is 31.1 Å². The van der Waals surface area contributed by atoms with Crippen molar-refractivity contribution in [1.82, 2.24) is 15.6 Å². The second-order valence-electron chi connectivity index (χ2n) is 4.81. The molecule has 1 aromatic rings. The highest BCUT2D eigenvalue weighted by Gasteiger charge is 2.09. The summed E-state index contributed by atoms with van der Waals surface area (Å²) in [4.78, 5) is 2.33. The molecule has 1 aliphatic heterocycles. The second kappa shape index (κ2) is 9.10. The van der Waals surface area contributed by atoms with Crippen molar-refractivity contribution >= 4 is 23.5 Å². The standard InChI is InChI=1S/C15H19N5OS/c16-11-13-1-3-14(4-2-13)12-18-19-15(22)17-5-6-20-7-9-21-10-8-20/h1-4,12H,5-10H2,(H2,17,19,22). The van der Waals surface area contributed by atoms with Gasteiger partial charge in [-0.15, -0.1) is 0 Å². The second-order valence-corrected chi connectivity index (χ2v) is 5.22. The molecule has 0 atom stereocenters. The molecular formula is C15H19N5OS. The highest BCUT2D eigenvalue weighted by Crippen LogP contribution is 2.00. The molecule has 1 heterocycles. The van der Waals surface area contributed by atoms with Crippen LogP contribution in [0.1, 0.15) is 11.1 Å². The van der Waals surface area contributed by atoms with Crippen molar-refractivity contribution in [3.63, 3.8) is 0 Å². The van der Waals surface area contributed by atoms with Gasteiger partial charge in [0, 0.05) is 26.2 Å². The Hall–Kier alpha value is -2.01. The fraction of sp³-hybridized carbons (Fsp3) is 0.400. The molecule has 0 unspecified atom stereocenters. The van der Waals surface area contributed by atoms with E-state index in [2.05, 4.69) is 26.8 Å². The number of nitrogens with zero attached hydrogens (tertiary/aromatic N) is 3. The highest BCUT2D eigenvalue weighted by atomic mass is 32.1. The number of rotatable bonds is 5. The van der Waals surface area contributed by atoms with E-state index in [1.165, 1.54) is 0 Å². The average Bonchev–Trinajstić information content (AvgIpc) is 2.56. The van der Waals surface area contributed by atoms with Gasteiger partial charge in [-0.2, -0.15) is 10.4 Å². The summed E-state index contributed by atoms with van der Waals surface area (Å²) >= 11 is 5.15. The van der Waals surface area contributed by atoms with E-state index in [0.717, 1.165) is 45.0 Å². The SMILES string of the molecule is N#Cc1ccc(C=NNC(=S)NCCN2CCOCC2)cc1. The van der Waals surface area contributed by atoms with Gasteiger partial charge >= 0.3 is 0 Å². The van der Waals surface area contributed by atoms with Crippen LogP contribution in [-0.4, -0.2) is 55.6 Å². The first kappa shape index (κ1) is 16.4. The van der Waals surface area contributed by atoms with Gasteiger partial charge < -0.3 is 10.1 Å². The van der Waals surface area contributed by atoms with Gasteiger partial charge in [-0.3, -0.25) is 10.3 Å².